The largest absolute Gasteiger partial charge is 0.489 e. The fourth-order valence-electron chi connectivity index (χ4n) is 2.40. The number of benzene rings is 2. The Morgan fingerprint density at radius 1 is 1.10 bits per heavy atom. The highest BCUT2D eigenvalue weighted by molar-refractivity contribution is 6.38. The molecule has 2 aromatic rings. The van der Waals surface area contributed by atoms with Crippen LogP contribution >= 0.6 is 23.2 Å². The number of para-hydroxylation sites is 1. The third kappa shape index (κ3) is 6.64. The molecule has 0 fully saturated rings. The van der Waals surface area contributed by atoms with E-state index < -0.39 is 17.6 Å². The maximum absolute atomic E-state index is 12.7. The van der Waals surface area contributed by atoms with Gasteiger partial charge in [0.1, 0.15) is 12.2 Å². The van der Waals surface area contributed by atoms with Gasteiger partial charge in [-0.15, -0.1) is 0 Å². The summed E-state index contributed by atoms with van der Waals surface area (Å²) in [6.07, 6.45) is -0.147. The quantitative estimate of drug-likeness (QED) is 0.485. The summed E-state index contributed by atoms with van der Waals surface area (Å²) < 4.78 is 10.6. The highest BCUT2D eigenvalue weighted by atomic mass is 35.5. The lowest BCUT2D eigenvalue weighted by atomic mass is 10.1. The molecule has 0 heterocycles. The number of imide groups is 1. The third-order valence-electron chi connectivity index (χ3n) is 3.62. The summed E-state index contributed by atoms with van der Waals surface area (Å²) in [5.41, 5.74) is -0.0619. The van der Waals surface area contributed by atoms with E-state index in [2.05, 4.69) is 5.32 Å². The Labute approximate surface area is 184 Å². The lowest BCUT2D eigenvalue weighted by molar-refractivity contribution is -0.106. The molecule has 30 heavy (non-hydrogen) atoms. The smallest absolute Gasteiger partial charge is 0.407 e. The molecule has 0 spiro atoms. The molecule has 7 nitrogen and oxygen atoms in total. The van der Waals surface area contributed by atoms with E-state index in [0.29, 0.717) is 12.1 Å². The van der Waals surface area contributed by atoms with Crippen molar-refractivity contribution in [3.63, 3.8) is 0 Å². The Hall–Kier alpha value is -2.77. The Kier molecular flexibility index (Phi) is 8.08. The number of halogens is 2. The monoisotopic (exact) mass is 452 g/mol. The van der Waals surface area contributed by atoms with Crippen molar-refractivity contribution >= 4 is 47.3 Å². The number of carbonyl (C=O) groups excluding carboxylic acids is 3. The minimum atomic E-state index is -0.602. The van der Waals surface area contributed by atoms with Gasteiger partial charge in [0.2, 0.25) is 6.41 Å². The number of anilines is 1. The zero-order valence-electron chi connectivity index (χ0n) is 16.8. The van der Waals surface area contributed by atoms with Crippen molar-refractivity contribution in [2.24, 2.45) is 0 Å². The second kappa shape index (κ2) is 10.3. The minimum Gasteiger partial charge on any atom is -0.489 e. The first-order chi connectivity index (χ1) is 14.1. The van der Waals surface area contributed by atoms with Crippen LogP contribution in [-0.4, -0.2) is 37.2 Å². The van der Waals surface area contributed by atoms with E-state index in [1.54, 1.807) is 51.1 Å². The molecule has 0 aliphatic carbocycles. The zero-order chi connectivity index (χ0) is 22.3. The molecule has 0 saturated heterocycles. The zero-order valence-corrected chi connectivity index (χ0v) is 18.3. The summed E-state index contributed by atoms with van der Waals surface area (Å²) >= 11 is 12.4. The topological polar surface area (TPSA) is 84.9 Å². The first kappa shape index (κ1) is 23.5. The number of rotatable bonds is 7. The molecule has 9 heteroatoms. The fourth-order valence-corrected chi connectivity index (χ4v) is 2.99. The highest BCUT2D eigenvalue weighted by Crippen LogP contribution is 2.34. The minimum absolute atomic E-state index is 0.0798. The van der Waals surface area contributed by atoms with E-state index in [-0.39, 0.29) is 34.5 Å². The maximum atomic E-state index is 12.7. The molecule has 0 radical (unpaired) electrons. The molecule has 0 aliphatic rings. The van der Waals surface area contributed by atoms with E-state index in [1.165, 1.54) is 12.1 Å². The molecular weight excluding hydrogens is 431 g/mol. The highest BCUT2D eigenvalue weighted by Gasteiger charge is 2.21. The number of hydrogen-bond acceptors (Lipinski definition) is 5. The molecule has 0 saturated carbocycles. The van der Waals surface area contributed by atoms with Crippen molar-refractivity contribution in [1.29, 1.82) is 0 Å². The Bertz CT molecular complexity index is 890. The average molecular weight is 453 g/mol. The van der Waals surface area contributed by atoms with Crippen LogP contribution in [0.15, 0.2) is 42.5 Å². The third-order valence-corrected chi connectivity index (χ3v) is 4.18. The van der Waals surface area contributed by atoms with Crippen LogP contribution < -0.4 is 15.0 Å². The van der Waals surface area contributed by atoms with Gasteiger partial charge in [0.05, 0.1) is 22.3 Å². The van der Waals surface area contributed by atoms with E-state index in [9.17, 15) is 14.4 Å². The summed E-state index contributed by atoms with van der Waals surface area (Å²) in [4.78, 5) is 36.7. The molecule has 2 aromatic carbocycles. The Morgan fingerprint density at radius 3 is 2.23 bits per heavy atom. The Morgan fingerprint density at radius 2 is 1.70 bits per heavy atom. The van der Waals surface area contributed by atoms with Gasteiger partial charge in [0, 0.05) is 5.56 Å². The number of nitrogens with one attached hydrogen (secondary N) is 1. The number of ether oxygens (including phenoxy) is 2. The van der Waals surface area contributed by atoms with E-state index >= 15 is 0 Å². The predicted octanol–water partition coefficient (Wildman–Crippen LogP) is 4.70. The van der Waals surface area contributed by atoms with Crippen LogP contribution in [-0.2, 0) is 9.53 Å². The van der Waals surface area contributed by atoms with Gasteiger partial charge >= 0.3 is 6.09 Å². The first-order valence-corrected chi connectivity index (χ1v) is 9.80. The van der Waals surface area contributed by atoms with Crippen LogP contribution in [0.2, 0.25) is 10.0 Å². The van der Waals surface area contributed by atoms with Crippen LogP contribution in [0.25, 0.3) is 0 Å². The molecule has 0 aliphatic heterocycles. The summed E-state index contributed by atoms with van der Waals surface area (Å²) in [6, 6.07) is 11.2. The van der Waals surface area contributed by atoms with Crippen LogP contribution in [0.3, 0.4) is 0 Å². The van der Waals surface area contributed by atoms with Crippen molar-refractivity contribution < 1.29 is 23.9 Å². The van der Waals surface area contributed by atoms with Crippen molar-refractivity contribution in [3.8, 4) is 5.75 Å². The van der Waals surface area contributed by atoms with Crippen molar-refractivity contribution in [2.75, 3.05) is 18.1 Å². The van der Waals surface area contributed by atoms with Gasteiger partial charge in [-0.2, -0.15) is 0 Å². The van der Waals surface area contributed by atoms with Gasteiger partial charge in [-0.05, 0) is 45.0 Å². The molecule has 0 aromatic heterocycles. The molecule has 0 bridgehead atoms. The number of hydrogen-bond donors (Lipinski definition) is 1. The summed E-state index contributed by atoms with van der Waals surface area (Å²) in [6.45, 7) is 5.52. The maximum Gasteiger partial charge on any atom is 0.407 e. The normalized spacial score (nSPS) is 10.8. The van der Waals surface area contributed by atoms with Gasteiger partial charge in [0.25, 0.3) is 5.91 Å². The van der Waals surface area contributed by atoms with Crippen LogP contribution in [0.5, 0.6) is 5.75 Å². The number of nitrogens with zero attached hydrogens (tertiary/aromatic N) is 1. The molecule has 160 valence electrons. The predicted molar refractivity (Wildman–Crippen MR) is 116 cm³/mol. The lowest BCUT2D eigenvalue weighted by Gasteiger charge is -2.20. The van der Waals surface area contributed by atoms with Gasteiger partial charge in [-0.1, -0.05) is 41.4 Å². The molecule has 3 amide bonds. The van der Waals surface area contributed by atoms with Gasteiger partial charge in [-0.25, -0.2) is 9.69 Å². The van der Waals surface area contributed by atoms with E-state index in [4.69, 9.17) is 32.7 Å². The molecule has 1 N–H and O–H groups in total. The Balaban J connectivity index is 2.04. The average Bonchev–Trinajstić information content (AvgIpc) is 2.66. The van der Waals surface area contributed by atoms with Gasteiger partial charge in [-0.3, -0.25) is 9.59 Å². The summed E-state index contributed by atoms with van der Waals surface area (Å²) in [5.74, 6) is -0.420. The summed E-state index contributed by atoms with van der Waals surface area (Å²) in [7, 11) is 0. The molecule has 0 atom stereocenters. The molecular formula is C21H22Cl2N2O5. The first-order valence-electron chi connectivity index (χ1n) is 9.05. The second-order valence-corrected chi connectivity index (χ2v) is 7.98. The van der Waals surface area contributed by atoms with Crippen molar-refractivity contribution in [3.05, 3.63) is 58.1 Å². The van der Waals surface area contributed by atoms with Gasteiger partial charge < -0.3 is 14.8 Å². The van der Waals surface area contributed by atoms with E-state index in [0.717, 1.165) is 4.90 Å². The van der Waals surface area contributed by atoms with E-state index in [1.807, 2.05) is 0 Å². The molecule has 0 unspecified atom stereocenters. The number of amides is 3. The second-order valence-electron chi connectivity index (χ2n) is 7.16. The SMILES string of the molecule is CC(C)(C)OC(=O)NCCOc1c(Cl)cc(C(=O)N(C=O)c2ccccc2)cc1Cl. The van der Waals surface area contributed by atoms with Crippen molar-refractivity contribution in [1.82, 2.24) is 5.32 Å². The van der Waals surface area contributed by atoms with Crippen LogP contribution in [0, 0.1) is 0 Å². The number of alkyl carbamates (subject to hydrolysis) is 1. The summed E-state index contributed by atoms with van der Waals surface area (Å²) in [5, 5.41) is 2.74. The van der Waals surface area contributed by atoms with Crippen LogP contribution in [0.4, 0.5) is 10.5 Å². The van der Waals surface area contributed by atoms with Gasteiger partial charge in [0.15, 0.2) is 5.75 Å². The van der Waals surface area contributed by atoms with Crippen LogP contribution in [0.1, 0.15) is 31.1 Å². The van der Waals surface area contributed by atoms with Crippen molar-refractivity contribution in [2.45, 2.75) is 26.4 Å². The standard InChI is InChI=1S/C21H22Cl2N2O5/c1-21(2,3)30-20(28)24-9-10-29-18-16(22)11-14(12-17(18)23)19(27)25(13-26)15-7-5-4-6-8-15/h4-8,11-13H,9-10H2,1-3H3,(H,24,28). The number of carbonyl (C=O) groups is 3. The lowest BCUT2D eigenvalue weighted by Crippen LogP contribution is -2.34. The molecule has 2 rings (SSSR count). The fraction of sp³-hybridized carbons (Fsp3) is 0.286.